The van der Waals surface area contributed by atoms with Gasteiger partial charge < -0.3 is 9.47 Å². The summed E-state index contributed by atoms with van der Waals surface area (Å²) >= 11 is 0. The van der Waals surface area contributed by atoms with Crippen molar-refractivity contribution in [2.75, 3.05) is 6.79 Å². The Morgan fingerprint density at radius 2 is 1.52 bits per heavy atom. The van der Waals surface area contributed by atoms with E-state index in [4.69, 9.17) is 9.47 Å². The molecule has 0 aliphatic rings. The van der Waals surface area contributed by atoms with Gasteiger partial charge in [0.2, 0.25) is 5.88 Å². The summed E-state index contributed by atoms with van der Waals surface area (Å²) in [6.45, 7) is 2.55. The first kappa shape index (κ1) is 13.5. The summed E-state index contributed by atoms with van der Waals surface area (Å²) in [6, 6.07) is 17.7. The SMILES string of the molecule is Cc1nc2ccccc2nc1OCOCc1ccccc1. The Hall–Kier alpha value is -2.46. The number of rotatable bonds is 5. The number of aromatic nitrogens is 2. The van der Waals surface area contributed by atoms with Gasteiger partial charge in [-0.2, -0.15) is 0 Å². The molecule has 0 fully saturated rings. The molecule has 3 aromatic rings. The Kier molecular flexibility index (Phi) is 4.07. The molecule has 21 heavy (non-hydrogen) atoms. The molecule has 0 bridgehead atoms. The molecule has 0 saturated carbocycles. The highest BCUT2D eigenvalue weighted by Crippen LogP contribution is 2.17. The maximum absolute atomic E-state index is 5.57. The van der Waals surface area contributed by atoms with Crippen molar-refractivity contribution in [2.24, 2.45) is 0 Å². The molecule has 2 aromatic carbocycles. The minimum atomic E-state index is 0.156. The summed E-state index contributed by atoms with van der Waals surface area (Å²) < 4.78 is 11.1. The summed E-state index contributed by atoms with van der Waals surface area (Å²) in [6.07, 6.45) is 0. The van der Waals surface area contributed by atoms with Crippen molar-refractivity contribution in [3.8, 4) is 5.88 Å². The Morgan fingerprint density at radius 3 is 2.29 bits per heavy atom. The van der Waals surface area contributed by atoms with E-state index in [1.54, 1.807) is 0 Å². The van der Waals surface area contributed by atoms with Crippen molar-refractivity contribution in [3.63, 3.8) is 0 Å². The molecular weight excluding hydrogens is 264 g/mol. The van der Waals surface area contributed by atoms with Crippen LogP contribution in [0.25, 0.3) is 11.0 Å². The summed E-state index contributed by atoms with van der Waals surface area (Å²) in [5.74, 6) is 0.516. The fourth-order valence-electron chi connectivity index (χ4n) is 2.04. The molecule has 0 aliphatic carbocycles. The second-order valence-corrected chi connectivity index (χ2v) is 4.70. The van der Waals surface area contributed by atoms with E-state index in [0.717, 1.165) is 22.3 Å². The van der Waals surface area contributed by atoms with Crippen LogP contribution in [0.3, 0.4) is 0 Å². The fourth-order valence-corrected chi connectivity index (χ4v) is 2.04. The predicted molar refractivity (Wildman–Crippen MR) is 81.0 cm³/mol. The van der Waals surface area contributed by atoms with E-state index in [2.05, 4.69) is 9.97 Å². The van der Waals surface area contributed by atoms with E-state index in [1.807, 2.05) is 61.5 Å². The van der Waals surface area contributed by atoms with Crippen molar-refractivity contribution < 1.29 is 9.47 Å². The van der Waals surface area contributed by atoms with Gasteiger partial charge in [0.1, 0.15) is 5.69 Å². The number of fused-ring (bicyclic) bond motifs is 1. The van der Waals surface area contributed by atoms with Crippen LogP contribution in [0.1, 0.15) is 11.3 Å². The highest BCUT2D eigenvalue weighted by atomic mass is 16.7. The van der Waals surface area contributed by atoms with Gasteiger partial charge >= 0.3 is 0 Å². The van der Waals surface area contributed by atoms with Gasteiger partial charge in [0.05, 0.1) is 17.6 Å². The molecule has 0 saturated heterocycles. The third-order valence-corrected chi connectivity index (χ3v) is 3.09. The quantitative estimate of drug-likeness (QED) is 0.530. The van der Waals surface area contributed by atoms with E-state index in [9.17, 15) is 0 Å². The van der Waals surface area contributed by atoms with Crippen molar-refractivity contribution in [3.05, 3.63) is 65.9 Å². The third-order valence-electron chi connectivity index (χ3n) is 3.09. The monoisotopic (exact) mass is 280 g/mol. The van der Waals surface area contributed by atoms with Crippen LogP contribution in [0.4, 0.5) is 0 Å². The molecule has 1 heterocycles. The molecule has 0 radical (unpaired) electrons. The molecule has 4 heteroatoms. The summed E-state index contributed by atoms with van der Waals surface area (Å²) in [4.78, 5) is 8.92. The number of nitrogens with zero attached hydrogens (tertiary/aromatic N) is 2. The van der Waals surface area contributed by atoms with Crippen LogP contribution >= 0.6 is 0 Å². The Bertz CT molecular complexity index is 729. The van der Waals surface area contributed by atoms with Crippen LogP contribution in [-0.4, -0.2) is 16.8 Å². The number of benzene rings is 2. The molecule has 3 rings (SSSR count). The molecule has 0 unspecified atom stereocenters. The van der Waals surface area contributed by atoms with E-state index in [-0.39, 0.29) is 6.79 Å². The summed E-state index contributed by atoms with van der Waals surface area (Å²) in [5, 5.41) is 0. The lowest BCUT2D eigenvalue weighted by atomic mass is 10.2. The molecule has 0 N–H and O–H groups in total. The van der Waals surface area contributed by atoms with Crippen LogP contribution < -0.4 is 4.74 Å². The van der Waals surface area contributed by atoms with Crippen LogP contribution in [-0.2, 0) is 11.3 Å². The lowest BCUT2D eigenvalue weighted by molar-refractivity contribution is 0.00212. The van der Waals surface area contributed by atoms with Crippen LogP contribution in [0, 0.1) is 6.92 Å². The van der Waals surface area contributed by atoms with E-state index in [1.165, 1.54) is 0 Å². The van der Waals surface area contributed by atoms with E-state index >= 15 is 0 Å². The van der Waals surface area contributed by atoms with Gasteiger partial charge in [0.15, 0.2) is 6.79 Å². The van der Waals surface area contributed by atoms with E-state index in [0.29, 0.717) is 12.5 Å². The van der Waals surface area contributed by atoms with Gasteiger partial charge in [-0.05, 0) is 24.6 Å². The predicted octanol–water partition coefficient (Wildman–Crippen LogP) is 3.49. The number of hydrogen-bond donors (Lipinski definition) is 0. The zero-order valence-corrected chi connectivity index (χ0v) is 11.8. The van der Waals surface area contributed by atoms with Crippen LogP contribution in [0.15, 0.2) is 54.6 Å². The minimum Gasteiger partial charge on any atom is -0.449 e. The second kappa shape index (κ2) is 6.33. The summed E-state index contributed by atoms with van der Waals surface area (Å²) in [5.41, 5.74) is 3.56. The fraction of sp³-hybridized carbons (Fsp3) is 0.176. The highest BCUT2D eigenvalue weighted by molar-refractivity contribution is 5.74. The molecular formula is C17H16N2O2. The van der Waals surface area contributed by atoms with Crippen molar-refractivity contribution >= 4 is 11.0 Å². The maximum Gasteiger partial charge on any atom is 0.238 e. The molecule has 0 aliphatic heterocycles. The second-order valence-electron chi connectivity index (χ2n) is 4.70. The molecule has 4 nitrogen and oxygen atoms in total. The van der Waals surface area contributed by atoms with Crippen LogP contribution in [0.2, 0.25) is 0 Å². The third kappa shape index (κ3) is 3.35. The van der Waals surface area contributed by atoms with Crippen molar-refractivity contribution in [1.29, 1.82) is 0 Å². The molecule has 1 aromatic heterocycles. The highest BCUT2D eigenvalue weighted by Gasteiger charge is 2.05. The number of hydrogen-bond acceptors (Lipinski definition) is 4. The first-order valence-electron chi connectivity index (χ1n) is 6.81. The largest absolute Gasteiger partial charge is 0.449 e. The standard InChI is InChI=1S/C17H16N2O2/c1-13-17(19-16-10-6-5-9-15(16)18-13)21-12-20-11-14-7-3-2-4-8-14/h2-10H,11-12H2,1H3. The van der Waals surface area contributed by atoms with Crippen molar-refractivity contribution in [2.45, 2.75) is 13.5 Å². The summed E-state index contributed by atoms with van der Waals surface area (Å²) in [7, 11) is 0. The zero-order valence-electron chi connectivity index (χ0n) is 11.8. The Balaban J connectivity index is 1.61. The van der Waals surface area contributed by atoms with Gasteiger partial charge in [-0.15, -0.1) is 0 Å². The number of aryl methyl sites for hydroxylation is 1. The van der Waals surface area contributed by atoms with Gasteiger partial charge in [-0.1, -0.05) is 42.5 Å². The zero-order chi connectivity index (χ0) is 14.5. The first-order valence-corrected chi connectivity index (χ1v) is 6.81. The smallest absolute Gasteiger partial charge is 0.238 e. The van der Waals surface area contributed by atoms with Gasteiger partial charge in [0, 0.05) is 0 Å². The number of ether oxygens (including phenoxy) is 2. The molecule has 0 spiro atoms. The molecule has 0 atom stereocenters. The topological polar surface area (TPSA) is 44.2 Å². The van der Waals surface area contributed by atoms with Gasteiger partial charge in [0.25, 0.3) is 0 Å². The Morgan fingerprint density at radius 1 is 0.857 bits per heavy atom. The average molecular weight is 280 g/mol. The molecule has 0 amide bonds. The normalized spacial score (nSPS) is 10.7. The van der Waals surface area contributed by atoms with E-state index < -0.39 is 0 Å². The number of para-hydroxylation sites is 2. The minimum absolute atomic E-state index is 0.156. The Labute approximate surface area is 123 Å². The lowest BCUT2D eigenvalue weighted by Gasteiger charge is -2.09. The van der Waals surface area contributed by atoms with Crippen molar-refractivity contribution in [1.82, 2.24) is 9.97 Å². The maximum atomic E-state index is 5.57. The van der Waals surface area contributed by atoms with Crippen LogP contribution in [0.5, 0.6) is 5.88 Å². The first-order chi connectivity index (χ1) is 10.3. The van der Waals surface area contributed by atoms with Gasteiger partial charge in [-0.25, -0.2) is 9.97 Å². The lowest BCUT2D eigenvalue weighted by Crippen LogP contribution is -2.06. The van der Waals surface area contributed by atoms with Gasteiger partial charge in [-0.3, -0.25) is 0 Å². The average Bonchev–Trinajstić information content (AvgIpc) is 2.53. The molecule has 106 valence electrons.